The van der Waals surface area contributed by atoms with E-state index in [4.69, 9.17) is 37.9 Å². The van der Waals surface area contributed by atoms with Crippen molar-refractivity contribution in [3.05, 3.63) is 12.2 Å². The Hall–Kier alpha value is -3.56. The Labute approximate surface area is 292 Å². The summed E-state index contributed by atoms with van der Waals surface area (Å²) in [6, 6.07) is -1.26. The Bertz CT molecular complexity index is 1010. The average molecular weight is 720 g/mol. The van der Waals surface area contributed by atoms with Gasteiger partial charge in [0, 0.05) is 39.3 Å². The Kier molecular flexibility index (Phi) is 26.9. The van der Waals surface area contributed by atoms with E-state index in [-0.39, 0.29) is 45.1 Å². The molecular weight excluding hydrogens is 666 g/mol. The first-order valence-corrected chi connectivity index (χ1v) is 16.4. The van der Waals surface area contributed by atoms with Crippen LogP contribution >= 0.6 is 0 Å². The van der Waals surface area contributed by atoms with Crippen molar-refractivity contribution in [2.45, 2.75) is 18.9 Å². The highest BCUT2D eigenvalue weighted by Gasteiger charge is 2.35. The first-order valence-electron chi connectivity index (χ1n) is 16.4. The molecule has 1 unspecified atom stereocenters. The monoisotopic (exact) mass is 719 g/mol. The zero-order valence-corrected chi connectivity index (χ0v) is 29.0. The van der Waals surface area contributed by atoms with Gasteiger partial charge in [-0.2, -0.15) is 0 Å². The molecule has 1 atom stereocenters. The zero-order valence-electron chi connectivity index (χ0n) is 29.0. The molecule has 50 heavy (non-hydrogen) atoms. The van der Waals surface area contributed by atoms with Crippen molar-refractivity contribution >= 4 is 35.4 Å². The van der Waals surface area contributed by atoms with Crippen molar-refractivity contribution in [3.8, 4) is 0 Å². The molecule has 19 nitrogen and oxygen atoms in total. The molecule has 1 aliphatic heterocycles. The molecule has 1 heterocycles. The largest absolute Gasteiger partial charge is 0.382 e. The summed E-state index contributed by atoms with van der Waals surface area (Å²) < 4.78 is 42.6. The number of ether oxygens (including phenoxy) is 8. The van der Waals surface area contributed by atoms with Gasteiger partial charge in [-0.05, 0) is 6.42 Å². The van der Waals surface area contributed by atoms with E-state index in [0.29, 0.717) is 85.9 Å². The van der Waals surface area contributed by atoms with Gasteiger partial charge in [-0.15, -0.1) is 0 Å². The number of methoxy groups -OCH3 is 1. The Morgan fingerprint density at radius 2 is 1.00 bits per heavy atom. The van der Waals surface area contributed by atoms with Gasteiger partial charge in [0.2, 0.25) is 23.6 Å². The predicted octanol–water partition coefficient (Wildman–Crippen LogP) is -3.08. The predicted molar refractivity (Wildman–Crippen MR) is 175 cm³/mol. The normalized spacial score (nSPS) is 13.0. The van der Waals surface area contributed by atoms with Gasteiger partial charge in [0.15, 0.2) is 0 Å². The Morgan fingerprint density at radius 1 is 0.580 bits per heavy atom. The summed E-state index contributed by atoms with van der Waals surface area (Å²) in [5.74, 6) is -3.56. The molecule has 0 aromatic heterocycles. The van der Waals surface area contributed by atoms with Crippen LogP contribution in [-0.4, -0.2) is 179 Å². The molecule has 0 saturated carbocycles. The minimum atomic E-state index is -1.26. The van der Waals surface area contributed by atoms with Gasteiger partial charge < -0.3 is 59.2 Å². The molecule has 0 saturated heterocycles. The van der Waals surface area contributed by atoms with Gasteiger partial charge in [-0.25, -0.2) is 0 Å². The highest BCUT2D eigenvalue weighted by molar-refractivity contribution is 6.15. The lowest BCUT2D eigenvalue weighted by atomic mass is 10.1. The number of imide groups is 1. The van der Waals surface area contributed by atoms with Crippen molar-refractivity contribution in [2.75, 3.05) is 133 Å². The van der Waals surface area contributed by atoms with Crippen molar-refractivity contribution in [3.63, 3.8) is 0 Å². The second-order valence-corrected chi connectivity index (χ2v) is 10.2. The fourth-order valence-corrected chi connectivity index (χ4v) is 3.88. The average Bonchev–Trinajstić information content (AvgIpc) is 3.44. The second-order valence-electron chi connectivity index (χ2n) is 10.2. The van der Waals surface area contributed by atoms with E-state index in [9.17, 15) is 28.8 Å². The van der Waals surface area contributed by atoms with Crippen molar-refractivity contribution in [1.82, 2.24) is 26.2 Å². The number of nitrogens with one attached hydrogen (secondary N) is 4. The van der Waals surface area contributed by atoms with Crippen LogP contribution in [0.1, 0.15) is 12.8 Å². The Morgan fingerprint density at radius 3 is 1.44 bits per heavy atom. The van der Waals surface area contributed by atoms with E-state index in [0.717, 1.165) is 17.1 Å². The quantitative estimate of drug-likeness (QED) is 0.0390. The van der Waals surface area contributed by atoms with E-state index in [1.165, 1.54) is 7.05 Å². The van der Waals surface area contributed by atoms with E-state index in [1.54, 1.807) is 7.11 Å². The van der Waals surface area contributed by atoms with Crippen LogP contribution < -0.4 is 21.3 Å². The maximum Gasteiger partial charge on any atom is 0.254 e. The number of amides is 6. The van der Waals surface area contributed by atoms with E-state index < -0.39 is 42.1 Å². The number of hydrogen-bond donors (Lipinski definition) is 4. The molecule has 0 spiro atoms. The molecule has 0 aromatic carbocycles. The van der Waals surface area contributed by atoms with Crippen molar-refractivity contribution in [1.29, 1.82) is 0 Å². The molecule has 286 valence electrons. The second kappa shape index (κ2) is 30.3. The topological polar surface area (TPSA) is 228 Å². The van der Waals surface area contributed by atoms with Crippen LogP contribution in [0.4, 0.5) is 0 Å². The number of likely N-dealkylation sites (N-methyl/N-ethyl adjacent to an activating group) is 1. The molecule has 0 fully saturated rings. The molecule has 0 aliphatic carbocycles. The number of nitrogens with zero attached hydrogens (tertiary/aromatic N) is 1. The van der Waals surface area contributed by atoms with Crippen LogP contribution in [0.15, 0.2) is 12.2 Å². The summed E-state index contributed by atoms with van der Waals surface area (Å²) in [4.78, 5) is 73.2. The van der Waals surface area contributed by atoms with E-state index in [1.807, 2.05) is 0 Å². The standard InChI is InChI=1S/C31H53N5O14/c1-32-27(38)23-34-28(39)24-35-31(42)25(36-29(40)3-4-30(36)41)5-7-33-26(37)6-8-44-11-12-46-15-16-48-19-20-50-22-21-49-18-17-47-14-13-45-10-9-43-2/h3-4,25H,5-24H2,1-2H3,(H,32,38)(H,33,37)(H,34,39)(H,35,42). The summed E-state index contributed by atoms with van der Waals surface area (Å²) in [5, 5.41) is 9.62. The molecule has 1 aliphatic rings. The summed E-state index contributed by atoms with van der Waals surface area (Å²) >= 11 is 0. The number of carbonyl (C=O) groups excluding carboxylic acids is 6. The number of carbonyl (C=O) groups is 6. The fraction of sp³-hybridized carbons (Fsp3) is 0.742. The molecule has 0 aromatic rings. The number of hydrogen-bond acceptors (Lipinski definition) is 14. The number of rotatable bonds is 33. The maximum absolute atomic E-state index is 12.8. The van der Waals surface area contributed by atoms with Gasteiger partial charge in [0.25, 0.3) is 11.8 Å². The van der Waals surface area contributed by atoms with Crippen molar-refractivity contribution in [2.24, 2.45) is 0 Å². The SMILES string of the molecule is CNC(=O)CNC(=O)CNC(=O)C(CCNC(=O)CCOCCOCCOCCOCCOCCOCCOCCOC)N1C(=O)C=CC1=O. The van der Waals surface area contributed by atoms with E-state index >= 15 is 0 Å². The van der Waals surface area contributed by atoms with Gasteiger partial charge in [-0.3, -0.25) is 33.7 Å². The van der Waals surface area contributed by atoms with Crippen LogP contribution in [-0.2, 0) is 66.7 Å². The minimum Gasteiger partial charge on any atom is -0.382 e. The molecule has 6 amide bonds. The van der Waals surface area contributed by atoms with Gasteiger partial charge in [0.1, 0.15) is 6.04 Å². The first kappa shape index (κ1) is 44.5. The molecule has 0 radical (unpaired) electrons. The van der Waals surface area contributed by atoms with Crippen LogP contribution in [0.5, 0.6) is 0 Å². The summed E-state index contributed by atoms with van der Waals surface area (Å²) in [6.45, 7) is 5.59. The third kappa shape index (κ3) is 23.0. The summed E-state index contributed by atoms with van der Waals surface area (Å²) in [7, 11) is 3.03. The van der Waals surface area contributed by atoms with E-state index in [2.05, 4.69) is 21.3 Å². The van der Waals surface area contributed by atoms with Crippen LogP contribution in [0.2, 0.25) is 0 Å². The molecule has 0 bridgehead atoms. The van der Waals surface area contributed by atoms with Crippen LogP contribution in [0.25, 0.3) is 0 Å². The molecule has 4 N–H and O–H groups in total. The Balaban J connectivity index is 2.03. The highest BCUT2D eigenvalue weighted by Crippen LogP contribution is 2.12. The molecule has 1 rings (SSSR count). The smallest absolute Gasteiger partial charge is 0.254 e. The van der Waals surface area contributed by atoms with Gasteiger partial charge >= 0.3 is 0 Å². The van der Waals surface area contributed by atoms with Gasteiger partial charge in [-0.1, -0.05) is 0 Å². The maximum atomic E-state index is 12.8. The summed E-state index contributed by atoms with van der Waals surface area (Å²) in [5.41, 5.74) is 0. The lowest BCUT2D eigenvalue weighted by molar-refractivity contribution is -0.145. The van der Waals surface area contributed by atoms with Crippen molar-refractivity contribution < 1.29 is 66.7 Å². The molecule has 19 heteroatoms. The first-order chi connectivity index (χ1) is 24.3. The molecular formula is C31H53N5O14. The van der Waals surface area contributed by atoms with Crippen LogP contribution in [0.3, 0.4) is 0 Å². The lowest BCUT2D eigenvalue weighted by Crippen LogP contribution is -2.52. The zero-order chi connectivity index (χ0) is 36.7. The fourth-order valence-electron chi connectivity index (χ4n) is 3.88. The lowest BCUT2D eigenvalue weighted by Gasteiger charge is -2.25. The third-order valence-electron chi connectivity index (χ3n) is 6.48. The minimum absolute atomic E-state index is 0.0265. The van der Waals surface area contributed by atoms with Gasteiger partial charge in [0.05, 0.1) is 112 Å². The summed E-state index contributed by atoms with van der Waals surface area (Å²) in [6.07, 6.45) is 2.02. The highest BCUT2D eigenvalue weighted by atomic mass is 16.6. The third-order valence-corrected chi connectivity index (χ3v) is 6.48. The van der Waals surface area contributed by atoms with Crippen LogP contribution in [0, 0.1) is 0 Å².